The van der Waals surface area contributed by atoms with Gasteiger partial charge in [0.05, 0.1) is 11.3 Å². The second-order valence-electron chi connectivity index (χ2n) is 5.52. The minimum atomic E-state index is -0.346. The molecule has 1 aliphatic heterocycles. The predicted octanol–water partition coefficient (Wildman–Crippen LogP) is 4.91. The average molecular weight is 401 g/mol. The molecule has 1 aliphatic rings. The van der Waals surface area contributed by atoms with E-state index in [1.807, 2.05) is 19.1 Å². The molecule has 2 aromatic rings. The van der Waals surface area contributed by atoms with Crippen LogP contribution in [0, 0.1) is 5.82 Å². The van der Waals surface area contributed by atoms with Gasteiger partial charge in [-0.05, 0) is 54.1 Å². The smallest absolute Gasteiger partial charge is 0.256 e. The van der Waals surface area contributed by atoms with E-state index in [0.717, 1.165) is 22.8 Å². The Morgan fingerprint density at radius 2 is 2.16 bits per heavy atom. The van der Waals surface area contributed by atoms with Crippen molar-refractivity contribution >= 4 is 47.4 Å². The lowest BCUT2D eigenvalue weighted by Gasteiger charge is -2.19. The van der Waals surface area contributed by atoms with Crippen LogP contribution < -0.4 is 10.6 Å². The summed E-state index contributed by atoms with van der Waals surface area (Å²) in [7, 11) is 0. The normalized spacial score (nSPS) is 12.9. The Balaban J connectivity index is 0.00000225. The lowest BCUT2D eigenvalue weighted by molar-refractivity contribution is 0.102. The Hall–Kier alpha value is -1.27. The fraction of sp³-hybridized carbons (Fsp3) is 0.278. The zero-order valence-electron chi connectivity index (χ0n) is 13.7. The maximum Gasteiger partial charge on any atom is 0.256 e. The molecule has 0 saturated carbocycles. The van der Waals surface area contributed by atoms with Crippen molar-refractivity contribution in [3.05, 3.63) is 57.9 Å². The van der Waals surface area contributed by atoms with Crippen LogP contribution in [-0.2, 0) is 13.0 Å². The van der Waals surface area contributed by atoms with E-state index in [1.54, 1.807) is 30.0 Å². The summed E-state index contributed by atoms with van der Waals surface area (Å²) < 4.78 is 14.7. The second-order valence-corrected chi connectivity index (χ2v) is 7.26. The summed E-state index contributed by atoms with van der Waals surface area (Å²) >= 11 is 7.57. The van der Waals surface area contributed by atoms with Crippen LogP contribution in [-0.4, -0.2) is 18.2 Å². The first-order valence-corrected chi connectivity index (χ1v) is 9.21. The number of halogens is 3. The Morgan fingerprint density at radius 3 is 2.92 bits per heavy atom. The molecule has 2 N–H and O–H groups in total. The third-order valence-electron chi connectivity index (χ3n) is 3.94. The molecule has 25 heavy (non-hydrogen) atoms. The van der Waals surface area contributed by atoms with Crippen LogP contribution in [0.2, 0.25) is 5.02 Å². The van der Waals surface area contributed by atoms with Crippen molar-refractivity contribution in [2.24, 2.45) is 0 Å². The highest BCUT2D eigenvalue weighted by atomic mass is 35.5. The van der Waals surface area contributed by atoms with Gasteiger partial charge >= 0.3 is 0 Å². The van der Waals surface area contributed by atoms with Crippen LogP contribution in [0.5, 0.6) is 0 Å². The Kier molecular flexibility index (Phi) is 7.14. The standard InChI is InChI=1S/C18H18ClFN2OS.ClH/c1-2-24-16-6-4-12(19)9-14(16)18(23)22-15-5-3-11-10-21-8-7-13(11)17(15)20;/h3-6,9,21H,2,7-8,10H2,1H3,(H,22,23);1H. The first-order valence-electron chi connectivity index (χ1n) is 7.84. The van der Waals surface area contributed by atoms with E-state index < -0.39 is 0 Å². The molecular weight excluding hydrogens is 382 g/mol. The van der Waals surface area contributed by atoms with Crippen molar-refractivity contribution in [1.82, 2.24) is 5.32 Å². The highest BCUT2D eigenvalue weighted by Gasteiger charge is 2.19. The van der Waals surface area contributed by atoms with Crippen LogP contribution in [0.1, 0.15) is 28.4 Å². The molecule has 2 aromatic carbocycles. The predicted molar refractivity (Wildman–Crippen MR) is 105 cm³/mol. The molecule has 0 aliphatic carbocycles. The lowest BCUT2D eigenvalue weighted by atomic mass is 9.99. The maximum absolute atomic E-state index is 14.7. The minimum absolute atomic E-state index is 0. The molecule has 3 rings (SSSR count). The topological polar surface area (TPSA) is 41.1 Å². The van der Waals surface area contributed by atoms with E-state index in [2.05, 4.69) is 10.6 Å². The van der Waals surface area contributed by atoms with E-state index in [0.29, 0.717) is 29.1 Å². The summed E-state index contributed by atoms with van der Waals surface area (Å²) in [5.41, 5.74) is 2.31. The van der Waals surface area contributed by atoms with Crippen LogP contribution in [0.25, 0.3) is 0 Å². The molecule has 0 aromatic heterocycles. The van der Waals surface area contributed by atoms with Crippen molar-refractivity contribution in [2.45, 2.75) is 24.8 Å². The van der Waals surface area contributed by atoms with Crippen LogP contribution in [0.15, 0.2) is 35.2 Å². The Bertz CT molecular complexity index is 786. The molecule has 3 nitrogen and oxygen atoms in total. The van der Waals surface area contributed by atoms with E-state index in [9.17, 15) is 9.18 Å². The number of amides is 1. The number of carbonyl (C=O) groups is 1. The number of anilines is 1. The molecule has 0 spiro atoms. The van der Waals surface area contributed by atoms with Crippen molar-refractivity contribution in [3.63, 3.8) is 0 Å². The SMILES string of the molecule is CCSc1ccc(Cl)cc1C(=O)Nc1ccc2c(c1F)CCNC2.Cl. The second kappa shape index (κ2) is 8.90. The van der Waals surface area contributed by atoms with E-state index in [4.69, 9.17) is 11.6 Å². The number of hydrogen-bond acceptors (Lipinski definition) is 3. The van der Waals surface area contributed by atoms with Gasteiger partial charge in [0.1, 0.15) is 5.82 Å². The molecule has 1 heterocycles. The average Bonchev–Trinajstić information content (AvgIpc) is 2.59. The molecule has 0 bridgehead atoms. The summed E-state index contributed by atoms with van der Waals surface area (Å²) in [6, 6.07) is 8.67. The molecule has 134 valence electrons. The summed E-state index contributed by atoms with van der Waals surface area (Å²) in [4.78, 5) is 13.5. The molecule has 0 radical (unpaired) electrons. The van der Waals surface area contributed by atoms with Gasteiger partial charge in [-0.2, -0.15) is 0 Å². The number of carbonyl (C=O) groups excluding carboxylic acids is 1. The Labute approximate surface area is 162 Å². The number of rotatable bonds is 4. The number of benzene rings is 2. The summed E-state index contributed by atoms with van der Waals surface area (Å²) in [5, 5.41) is 6.39. The summed E-state index contributed by atoms with van der Waals surface area (Å²) in [6.45, 7) is 3.41. The van der Waals surface area contributed by atoms with E-state index >= 15 is 0 Å². The molecule has 7 heteroatoms. The summed E-state index contributed by atoms with van der Waals surface area (Å²) in [5.74, 6) is 0.151. The maximum atomic E-state index is 14.7. The van der Waals surface area contributed by atoms with Gasteiger partial charge < -0.3 is 10.6 Å². The fourth-order valence-corrected chi connectivity index (χ4v) is 3.74. The van der Waals surface area contributed by atoms with Gasteiger partial charge in [-0.1, -0.05) is 24.6 Å². The molecule has 0 unspecified atom stereocenters. The first-order chi connectivity index (χ1) is 11.6. The highest BCUT2D eigenvalue weighted by Crippen LogP contribution is 2.28. The number of thioether (sulfide) groups is 1. The van der Waals surface area contributed by atoms with Crippen molar-refractivity contribution < 1.29 is 9.18 Å². The number of nitrogens with one attached hydrogen (secondary N) is 2. The van der Waals surface area contributed by atoms with Crippen LogP contribution >= 0.6 is 35.8 Å². The van der Waals surface area contributed by atoms with Crippen LogP contribution in [0.3, 0.4) is 0 Å². The monoisotopic (exact) mass is 400 g/mol. The minimum Gasteiger partial charge on any atom is -0.319 e. The van der Waals surface area contributed by atoms with Gasteiger partial charge in [0.15, 0.2) is 0 Å². The van der Waals surface area contributed by atoms with Crippen molar-refractivity contribution in [3.8, 4) is 0 Å². The lowest BCUT2D eigenvalue weighted by Crippen LogP contribution is -2.25. The van der Waals surface area contributed by atoms with Gasteiger partial charge in [-0.3, -0.25) is 4.79 Å². The van der Waals surface area contributed by atoms with Crippen molar-refractivity contribution in [2.75, 3.05) is 17.6 Å². The molecule has 0 saturated heterocycles. The molecular formula is C18H19Cl2FN2OS. The molecule has 1 amide bonds. The highest BCUT2D eigenvalue weighted by molar-refractivity contribution is 7.99. The van der Waals surface area contributed by atoms with Gasteiger partial charge in [-0.15, -0.1) is 24.2 Å². The van der Waals surface area contributed by atoms with Crippen LogP contribution in [0.4, 0.5) is 10.1 Å². The fourth-order valence-electron chi connectivity index (χ4n) is 2.78. The largest absolute Gasteiger partial charge is 0.319 e. The third-order valence-corrected chi connectivity index (χ3v) is 5.13. The third kappa shape index (κ3) is 4.47. The quantitative estimate of drug-likeness (QED) is 0.716. The van der Waals surface area contributed by atoms with Gasteiger partial charge in [0.2, 0.25) is 0 Å². The number of fused-ring (bicyclic) bond motifs is 1. The molecule has 0 fully saturated rings. The number of hydrogen-bond donors (Lipinski definition) is 2. The van der Waals surface area contributed by atoms with Crippen molar-refractivity contribution in [1.29, 1.82) is 0 Å². The zero-order chi connectivity index (χ0) is 17.1. The van der Waals surface area contributed by atoms with E-state index in [1.165, 1.54) is 0 Å². The van der Waals surface area contributed by atoms with Gasteiger partial charge in [0.25, 0.3) is 5.91 Å². The zero-order valence-corrected chi connectivity index (χ0v) is 16.1. The van der Waals surface area contributed by atoms with Gasteiger partial charge in [-0.25, -0.2) is 4.39 Å². The Morgan fingerprint density at radius 1 is 1.36 bits per heavy atom. The summed E-state index contributed by atoms with van der Waals surface area (Å²) in [6.07, 6.45) is 0.624. The first kappa shape index (κ1) is 20.0. The van der Waals surface area contributed by atoms with Gasteiger partial charge in [0, 0.05) is 16.5 Å². The molecule has 0 atom stereocenters. The van der Waals surface area contributed by atoms with E-state index in [-0.39, 0.29) is 29.8 Å².